The van der Waals surface area contributed by atoms with Crippen molar-refractivity contribution in [1.29, 1.82) is 0 Å². The lowest BCUT2D eigenvalue weighted by atomic mass is 10.1. The molecule has 0 saturated carbocycles. The monoisotopic (exact) mass is 270 g/mol. The Bertz CT molecular complexity index is 308. The zero-order valence-electron chi connectivity index (χ0n) is 6.71. The highest BCUT2D eigenvalue weighted by Gasteiger charge is 2.12. The van der Waals surface area contributed by atoms with Gasteiger partial charge in [-0.15, -0.1) is 0 Å². The quantitative estimate of drug-likeness (QED) is 0.660. The zero-order valence-corrected chi connectivity index (χ0v) is 9.87. The summed E-state index contributed by atoms with van der Waals surface area (Å²) in [5.41, 5.74) is 0.276. The predicted molar refractivity (Wildman–Crippen MR) is 61.6 cm³/mol. The topological polar surface area (TPSA) is 34.1 Å². The van der Waals surface area contributed by atoms with Gasteiger partial charge in [-0.25, -0.2) is 0 Å². The minimum atomic E-state index is -0.681. The molecule has 0 aromatic heterocycles. The lowest BCUT2D eigenvalue weighted by molar-refractivity contribution is 0.105. The molecule has 0 unspecified atom stereocenters. The van der Waals surface area contributed by atoms with Gasteiger partial charge in [-0.2, -0.15) is 0 Å². The molecule has 0 aliphatic heterocycles. The molecule has 0 atom stereocenters. The highest BCUT2D eigenvalue weighted by molar-refractivity contribution is 8.05. The second kappa shape index (κ2) is 7.12. The van der Waals surface area contributed by atoms with Crippen LogP contribution in [0.5, 0.6) is 0 Å². The van der Waals surface area contributed by atoms with Crippen molar-refractivity contribution in [3.8, 4) is 0 Å². The maximum absolute atomic E-state index is 10.7. The molecule has 0 saturated heterocycles. The van der Waals surface area contributed by atoms with Gasteiger partial charge in [0, 0.05) is 11.1 Å². The molecule has 1 aromatic rings. The van der Waals surface area contributed by atoms with Crippen LogP contribution in [0, 0.1) is 0 Å². The van der Waals surface area contributed by atoms with Gasteiger partial charge in [-0.3, -0.25) is 9.59 Å². The van der Waals surface area contributed by atoms with Crippen molar-refractivity contribution in [3.63, 3.8) is 0 Å². The molecular formula is C8H5Cl3O2S. The first-order chi connectivity index (χ1) is 6.63. The third-order valence-electron chi connectivity index (χ3n) is 1.35. The minimum Gasteiger partial charge on any atom is -0.276 e. The molecule has 0 amide bonds. The maximum Gasteiger partial charge on any atom is 0.253 e. The highest BCUT2D eigenvalue weighted by Crippen LogP contribution is 2.13. The Balaban J connectivity index is 0.000000791. The Morgan fingerprint density at radius 1 is 0.929 bits per heavy atom. The van der Waals surface area contributed by atoms with Crippen LogP contribution in [0.2, 0.25) is 0 Å². The van der Waals surface area contributed by atoms with Crippen molar-refractivity contribution in [2.75, 3.05) is 0 Å². The van der Waals surface area contributed by atoms with Gasteiger partial charge in [0.1, 0.15) is 0 Å². The molecule has 14 heavy (non-hydrogen) atoms. The number of rotatable bonds is 2. The summed E-state index contributed by atoms with van der Waals surface area (Å²) in [7, 11) is 4.33. The number of carbonyl (C=O) groups excluding carboxylic acids is 2. The predicted octanol–water partition coefficient (Wildman–Crippen LogP) is 3.51. The van der Waals surface area contributed by atoms with Crippen molar-refractivity contribution in [3.05, 3.63) is 35.4 Å². The fourth-order valence-corrected chi connectivity index (χ4v) is 1.16. The van der Waals surface area contributed by atoms with E-state index >= 15 is 0 Å². The Morgan fingerprint density at radius 3 is 1.43 bits per heavy atom. The summed E-state index contributed by atoms with van der Waals surface area (Å²) in [4.78, 5) is 21.5. The van der Waals surface area contributed by atoms with Crippen LogP contribution < -0.4 is 0 Å². The van der Waals surface area contributed by atoms with Gasteiger partial charge in [0.05, 0.1) is 0 Å². The molecule has 0 fully saturated rings. The molecule has 0 radical (unpaired) electrons. The number of halogens is 3. The lowest BCUT2D eigenvalue weighted by Crippen LogP contribution is -1.99. The van der Waals surface area contributed by atoms with Crippen molar-refractivity contribution in [2.45, 2.75) is 0 Å². The Labute approximate surface area is 101 Å². The number of thiol groups is 1. The Kier molecular flexibility index (Phi) is 7.01. The normalized spacial score (nSPS) is 8.57. The van der Waals surface area contributed by atoms with Crippen molar-refractivity contribution in [1.82, 2.24) is 0 Å². The van der Waals surface area contributed by atoms with Gasteiger partial charge in [0.2, 0.25) is 0 Å². The summed E-state index contributed by atoms with van der Waals surface area (Å²) in [5, 5.41) is -1.36. The number of benzene rings is 1. The van der Waals surface area contributed by atoms with Gasteiger partial charge in [-0.1, -0.05) is 24.0 Å². The minimum absolute atomic E-state index is 0.138. The van der Waals surface area contributed by atoms with E-state index in [4.69, 9.17) is 23.2 Å². The standard InChI is InChI=1S/C8H4Cl2O2.ClHS/c9-7(11)5-3-1-2-4-6(5)8(10)12;1-2/h1-4H;2H. The molecule has 1 aromatic carbocycles. The van der Waals surface area contributed by atoms with Crippen LogP contribution in [0.3, 0.4) is 0 Å². The second-order valence-corrected chi connectivity index (χ2v) is 2.78. The third kappa shape index (κ3) is 3.88. The van der Waals surface area contributed by atoms with Gasteiger partial charge in [-0.05, 0) is 46.0 Å². The van der Waals surface area contributed by atoms with E-state index in [2.05, 4.69) is 22.5 Å². The van der Waals surface area contributed by atoms with Gasteiger partial charge in [0.25, 0.3) is 10.5 Å². The van der Waals surface area contributed by atoms with E-state index in [9.17, 15) is 9.59 Å². The molecule has 0 aliphatic carbocycles. The first kappa shape index (κ1) is 13.8. The summed E-state index contributed by atoms with van der Waals surface area (Å²) in [6.45, 7) is 0. The van der Waals surface area contributed by atoms with Crippen molar-refractivity contribution < 1.29 is 9.59 Å². The zero-order chi connectivity index (χ0) is 11.1. The number of hydrogen-bond donors (Lipinski definition) is 1. The highest BCUT2D eigenvalue weighted by atomic mass is 35.7. The number of hydrogen-bond acceptors (Lipinski definition) is 3. The SMILES string of the molecule is O=C(Cl)c1ccccc1C(=O)Cl.SCl. The van der Waals surface area contributed by atoms with Crippen LogP contribution >= 0.6 is 45.7 Å². The fraction of sp³-hybridized carbons (Fsp3) is 0. The van der Waals surface area contributed by atoms with E-state index in [-0.39, 0.29) is 11.1 Å². The van der Waals surface area contributed by atoms with Crippen LogP contribution in [0.25, 0.3) is 0 Å². The van der Waals surface area contributed by atoms with E-state index in [0.29, 0.717) is 0 Å². The molecule has 0 bridgehead atoms. The number of carbonyl (C=O) groups is 2. The van der Waals surface area contributed by atoms with Crippen LogP contribution in [0.15, 0.2) is 24.3 Å². The molecular weight excluding hydrogens is 267 g/mol. The molecule has 2 nitrogen and oxygen atoms in total. The summed E-state index contributed by atoms with van der Waals surface area (Å²) in [5.74, 6) is 0. The van der Waals surface area contributed by atoms with Gasteiger partial charge < -0.3 is 0 Å². The Hall–Kier alpha value is -0.220. The molecule has 0 aliphatic rings. The lowest BCUT2D eigenvalue weighted by Gasteiger charge is -1.98. The first-order valence-electron chi connectivity index (χ1n) is 3.28. The molecule has 0 N–H and O–H groups in total. The Morgan fingerprint density at radius 2 is 1.21 bits per heavy atom. The molecule has 1 rings (SSSR count). The van der Waals surface area contributed by atoms with E-state index in [1.807, 2.05) is 0 Å². The van der Waals surface area contributed by atoms with Gasteiger partial charge >= 0.3 is 0 Å². The molecule has 6 heteroatoms. The molecule has 0 heterocycles. The average molecular weight is 272 g/mol. The fourth-order valence-electron chi connectivity index (χ4n) is 0.826. The van der Waals surface area contributed by atoms with Crippen molar-refractivity contribution in [2.24, 2.45) is 0 Å². The second-order valence-electron chi connectivity index (χ2n) is 2.09. The molecule has 76 valence electrons. The van der Waals surface area contributed by atoms with E-state index in [1.54, 1.807) is 12.1 Å². The van der Waals surface area contributed by atoms with Crippen LogP contribution in [0.4, 0.5) is 0 Å². The maximum atomic E-state index is 10.7. The first-order valence-corrected chi connectivity index (χ1v) is 5.39. The summed E-state index contributed by atoms with van der Waals surface area (Å²) < 4.78 is 0. The van der Waals surface area contributed by atoms with Crippen molar-refractivity contribution >= 4 is 56.2 Å². The summed E-state index contributed by atoms with van der Waals surface area (Å²) in [6, 6.07) is 6.12. The van der Waals surface area contributed by atoms with Crippen LogP contribution in [-0.2, 0) is 0 Å². The van der Waals surface area contributed by atoms with Gasteiger partial charge in [0.15, 0.2) is 0 Å². The molecule has 0 spiro atoms. The third-order valence-corrected chi connectivity index (χ3v) is 1.76. The summed E-state index contributed by atoms with van der Waals surface area (Å²) in [6.07, 6.45) is 0. The smallest absolute Gasteiger partial charge is 0.253 e. The van der Waals surface area contributed by atoms with E-state index < -0.39 is 10.5 Å². The summed E-state index contributed by atoms with van der Waals surface area (Å²) >= 11 is 13.4. The van der Waals surface area contributed by atoms with Crippen LogP contribution in [-0.4, -0.2) is 10.5 Å². The van der Waals surface area contributed by atoms with Crippen LogP contribution in [0.1, 0.15) is 20.7 Å². The van der Waals surface area contributed by atoms with E-state index in [0.717, 1.165) is 0 Å². The van der Waals surface area contributed by atoms with E-state index in [1.165, 1.54) is 12.1 Å². The average Bonchev–Trinajstić information content (AvgIpc) is 2.20. The largest absolute Gasteiger partial charge is 0.276 e.